The summed E-state index contributed by atoms with van der Waals surface area (Å²) in [6.07, 6.45) is -1.57. The fourth-order valence-corrected chi connectivity index (χ4v) is 2.04. The van der Waals surface area contributed by atoms with E-state index in [0.717, 1.165) is 5.82 Å². The first-order chi connectivity index (χ1) is 7.84. The van der Waals surface area contributed by atoms with Gasteiger partial charge in [-0.15, -0.1) is 0 Å². The highest BCUT2D eigenvalue weighted by molar-refractivity contribution is 5.07. The van der Waals surface area contributed by atoms with Gasteiger partial charge in [0.1, 0.15) is 5.82 Å². The Balaban J connectivity index is 1.91. The molecule has 3 N–H and O–H groups in total. The average molecular weight is 247 g/mol. The molecule has 1 atom stereocenters. The largest absolute Gasteiger partial charge is 0.394 e. The molecular weight excluding hydrogens is 231 g/mol. The van der Waals surface area contributed by atoms with Crippen LogP contribution in [0.1, 0.15) is 43.2 Å². The molecule has 0 saturated heterocycles. The Morgan fingerprint density at radius 2 is 2.18 bits per heavy atom. The summed E-state index contributed by atoms with van der Waals surface area (Å²) >= 11 is 0. The van der Waals surface area contributed by atoms with Gasteiger partial charge in [0.15, 0.2) is 0 Å². The summed E-state index contributed by atoms with van der Waals surface area (Å²) in [4.78, 5) is 6.94. The standard InChI is InChI=1S/C11H16F3N3/c1-7-16-6-9(17-7)8(15)2-3-10(4-5-10)11(12,13)14/h6,8H,2-5,15H2,1H3,(H,16,17). The summed E-state index contributed by atoms with van der Waals surface area (Å²) in [6.45, 7) is 1.79. The molecule has 1 aromatic rings. The number of nitrogens with two attached hydrogens (primary N) is 1. The molecule has 0 radical (unpaired) electrons. The lowest BCUT2D eigenvalue weighted by Gasteiger charge is -2.20. The second-order valence-electron chi connectivity index (χ2n) is 4.85. The van der Waals surface area contributed by atoms with E-state index >= 15 is 0 Å². The van der Waals surface area contributed by atoms with Crippen molar-refractivity contribution in [3.8, 4) is 0 Å². The second kappa shape index (κ2) is 4.01. The van der Waals surface area contributed by atoms with Gasteiger partial charge >= 0.3 is 6.18 Å². The predicted molar refractivity (Wildman–Crippen MR) is 57.2 cm³/mol. The molecule has 1 aliphatic carbocycles. The molecule has 6 heteroatoms. The van der Waals surface area contributed by atoms with Gasteiger partial charge in [-0.1, -0.05) is 0 Å². The molecule has 1 aliphatic rings. The number of hydrogen-bond donors (Lipinski definition) is 2. The summed E-state index contributed by atoms with van der Waals surface area (Å²) in [5.74, 6) is 0.729. The molecule has 0 bridgehead atoms. The van der Waals surface area contributed by atoms with Crippen molar-refractivity contribution in [3.63, 3.8) is 0 Å². The normalized spacial score (nSPS) is 20.3. The van der Waals surface area contributed by atoms with Crippen molar-refractivity contribution in [2.45, 2.75) is 44.8 Å². The number of aryl methyl sites for hydroxylation is 1. The van der Waals surface area contributed by atoms with Gasteiger partial charge in [0.2, 0.25) is 0 Å². The SMILES string of the molecule is Cc1ncc(C(N)CCC2(C(F)(F)F)CC2)[nH]1. The van der Waals surface area contributed by atoms with Crippen LogP contribution in [0.25, 0.3) is 0 Å². The number of H-pyrrole nitrogens is 1. The molecule has 1 unspecified atom stereocenters. The minimum Gasteiger partial charge on any atom is -0.345 e. The highest BCUT2D eigenvalue weighted by Crippen LogP contribution is 2.60. The van der Waals surface area contributed by atoms with Gasteiger partial charge in [-0.3, -0.25) is 0 Å². The number of halogens is 3. The minimum absolute atomic E-state index is 0.107. The summed E-state index contributed by atoms with van der Waals surface area (Å²) in [7, 11) is 0. The van der Waals surface area contributed by atoms with Crippen molar-refractivity contribution in [3.05, 3.63) is 17.7 Å². The van der Waals surface area contributed by atoms with Crippen molar-refractivity contribution < 1.29 is 13.2 Å². The Labute approximate surface area is 97.6 Å². The van der Waals surface area contributed by atoms with Gasteiger partial charge in [-0.05, 0) is 32.6 Å². The van der Waals surface area contributed by atoms with Crippen LogP contribution in [0.15, 0.2) is 6.20 Å². The van der Waals surface area contributed by atoms with E-state index in [-0.39, 0.29) is 19.3 Å². The lowest BCUT2D eigenvalue weighted by Crippen LogP contribution is -2.26. The summed E-state index contributed by atoms with van der Waals surface area (Å²) in [5, 5.41) is 0. The van der Waals surface area contributed by atoms with Crippen LogP contribution in [0.4, 0.5) is 13.2 Å². The van der Waals surface area contributed by atoms with E-state index < -0.39 is 17.6 Å². The van der Waals surface area contributed by atoms with E-state index in [4.69, 9.17) is 5.73 Å². The van der Waals surface area contributed by atoms with Crippen molar-refractivity contribution in [1.29, 1.82) is 0 Å². The molecule has 1 aromatic heterocycles. The smallest absolute Gasteiger partial charge is 0.345 e. The molecular formula is C11H16F3N3. The quantitative estimate of drug-likeness (QED) is 0.859. The molecule has 1 saturated carbocycles. The lowest BCUT2D eigenvalue weighted by molar-refractivity contribution is -0.189. The summed E-state index contributed by atoms with van der Waals surface area (Å²) in [5.41, 5.74) is 5.10. The topological polar surface area (TPSA) is 54.7 Å². The number of nitrogens with zero attached hydrogens (tertiary/aromatic N) is 1. The van der Waals surface area contributed by atoms with E-state index in [1.165, 1.54) is 0 Å². The maximum Gasteiger partial charge on any atom is 0.394 e. The molecule has 1 heterocycles. The summed E-state index contributed by atoms with van der Waals surface area (Å²) in [6, 6.07) is -0.393. The Morgan fingerprint density at radius 1 is 1.53 bits per heavy atom. The maximum atomic E-state index is 12.7. The zero-order valence-electron chi connectivity index (χ0n) is 9.64. The van der Waals surface area contributed by atoms with E-state index in [9.17, 15) is 13.2 Å². The molecule has 0 spiro atoms. The fraction of sp³-hybridized carbons (Fsp3) is 0.727. The van der Waals surface area contributed by atoms with Crippen LogP contribution >= 0.6 is 0 Å². The van der Waals surface area contributed by atoms with Crippen LogP contribution in [-0.4, -0.2) is 16.1 Å². The maximum absolute atomic E-state index is 12.7. The van der Waals surface area contributed by atoms with E-state index in [1.54, 1.807) is 13.1 Å². The predicted octanol–water partition coefficient (Wildman–Crippen LogP) is 2.84. The van der Waals surface area contributed by atoms with E-state index in [2.05, 4.69) is 9.97 Å². The Kier molecular flexibility index (Phi) is 2.93. The highest BCUT2D eigenvalue weighted by Gasteiger charge is 2.62. The van der Waals surface area contributed by atoms with E-state index in [0.29, 0.717) is 12.1 Å². The number of nitrogens with one attached hydrogen (secondary N) is 1. The van der Waals surface area contributed by atoms with Crippen LogP contribution < -0.4 is 5.73 Å². The minimum atomic E-state index is -4.09. The van der Waals surface area contributed by atoms with Crippen LogP contribution in [0, 0.1) is 12.3 Å². The Bertz CT molecular complexity index is 393. The van der Waals surface area contributed by atoms with Crippen LogP contribution in [0.5, 0.6) is 0 Å². The van der Waals surface area contributed by atoms with Gasteiger partial charge in [0.25, 0.3) is 0 Å². The Morgan fingerprint density at radius 3 is 2.59 bits per heavy atom. The third kappa shape index (κ3) is 2.46. The van der Waals surface area contributed by atoms with Crippen molar-refractivity contribution in [2.75, 3.05) is 0 Å². The van der Waals surface area contributed by atoms with Gasteiger partial charge in [0, 0.05) is 12.2 Å². The van der Waals surface area contributed by atoms with Gasteiger partial charge in [0.05, 0.1) is 11.1 Å². The highest BCUT2D eigenvalue weighted by atomic mass is 19.4. The Hall–Kier alpha value is -1.04. The number of imidazole rings is 1. The first-order valence-electron chi connectivity index (χ1n) is 5.68. The number of aromatic nitrogens is 2. The number of alkyl halides is 3. The number of aromatic amines is 1. The third-order valence-electron chi connectivity index (χ3n) is 3.51. The molecule has 1 fully saturated rings. The van der Waals surface area contributed by atoms with Gasteiger partial charge in [-0.2, -0.15) is 13.2 Å². The van der Waals surface area contributed by atoms with Gasteiger partial charge < -0.3 is 10.7 Å². The number of rotatable bonds is 4. The van der Waals surface area contributed by atoms with Gasteiger partial charge in [-0.25, -0.2) is 4.98 Å². The molecule has 0 aromatic carbocycles. The monoisotopic (exact) mass is 247 g/mol. The lowest BCUT2D eigenvalue weighted by atomic mass is 9.96. The van der Waals surface area contributed by atoms with Crippen molar-refractivity contribution >= 4 is 0 Å². The molecule has 3 nitrogen and oxygen atoms in total. The van der Waals surface area contributed by atoms with Crippen LogP contribution in [0.2, 0.25) is 0 Å². The first-order valence-corrected chi connectivity index (χ1v) is 5.68. The third-order valence-corrected chi connectivity index (χ3v) is 3.51. The number of hydrogen-bond acceptors (Lipinski definition) is 2. The first kappa shape index (κ1) is 12.4. The second-order valence-corrected chi connectivity index (χ2v) is 4.85. The summed E-state index contributed by atoms with van der Waals surface area (Å²) < 4.78 is 38.1. The average Bonchev–Trinajstić information content (AvgIpc) is 2.91. The van der Waals surface area contributed by atoms with Crippen molar-refractivity contribution in [2.24, 2.45) is 11.1 Å². The zero-order chi connectivity index (χ0) is 12.7. The fourth-order valence-electron chi connectivity index (χ4n) is 2.04. The molecule has 2 rings (SSSR count). The zero-order valence-corrected chi connectivity index (χ0v) is 9.64. The van der Waals surface area contributed by atoms with Crippen LogP contribution in [0.3, 0.4) is 0 Å². The molecule has 0 amide bonds. The van der Waals surface area contributed by atoms with E-state index in [1.807, 2.05) is 0 Å². The van der Waals surface area contributed by atoms with Crippen molar-refractivity contribution in [1.82, 2.24) is 9.97 Å². The molecule has 0 aliphatic heterocycles. The molecule has 17 heavy (non-hydrogen) atoms. The molecule has 96 valence electrons. The van der Waals surface area contributed by atoms with Crippen LogP contribution in [-0.2, 0) is 0 Å².